The van der Waals surface area contributed by atoms with Gasteiger partial charge in [-0.1, -0.05) is 18.2 Å². The number of ether oxygens (including phenoxy) is 1. The minimum absolute atomic E-state index is 0.121. The van der Waals surface area contributed by atoms with Crippen LogP contribution in [0.2, 0.25) is 0 Å². The van der Waals surface area contributed by atoms with Crippen molar-refractivity contribution in [2.24, 2.45) is 0 Å². The average Bonchev–Trinajstić information content (AvgIpc) is 2.63. The maximum absolute atomic E-state index is 12.3. The molecule has 0 radical (unpaired) electrons. The molecule has 0 aliphatic carbocycles. The van der Waals surface area contributed by atoms with Crippen molar-refractivity contribution < 1.29 is 19.2 Å². The van der Waals surface area contributed by atoms with Gasteiger partial charge >= 0.3 is 12.1 Å². The van der Waals surface area contributed by atoms with Crippen LogP contribution in [0.4, 0.5) is 4.79 Å². The van der Waals surface area contributed by atoms with E-state index in [0.29, 0.717) is 43.9 Å². The van der Waals surface area contributed by atoms with Crippen LogP contribution in [0.1, 0.15) is 37.6 Å². The molecule has 0 bridgehead atoms. The lowest BCUT2D eigenvalue weighted by atomic mass is 10.0. The maximum atomic E-state index is 12.3. The molecule has 2 aliphatic rings. The maximum Gasteiger partial charge on any atom is 0.410 e. The first kappa shape index (κ1) is 20.9. The number of nitrogens with one attached hydrogen (secondary N) is 2. The lowest BCUT2D eigenvalue weighted by Crippen LogP contribution is -2.57. The highest BCUT2D eigenvalue weighted by molar-refractivity contribution is 5.99. The first-order valence-electron chi connectivity index (χ1n) is 9.74. The number of benzene rings is 1. The molecule has 0 spiro atoms. The molecule has 2 heterocycles. The van der Waals surface area contributed by atoms with E-state index in [9.17, 15) is 9.59 Å². The van der Waals surface area contributed by atoms with Gasteiger partial charge < -0.3 is 25.2 Å². The number of likely N-dealkylation sites (tertiary alicyclic amines) is 1. The highest BCUT2D eigenvalue weighted by atomic mass is 16.7. The molecule has 1 amide bonds. The number of hydroxylamine groups is 2. The van der Waals surface area contributed by atoms with Crippen molar-refractivity contribution in [3.8, 4) is 0 Å². The van der Waals surface area contributed by atoms with Crippen LogP contribution in [0, 0.1) is 5.41 Å². The summed E-state index contributed by atoms with van der Waals surface area (Å²) in [6, 6.07) is 8.99. The number of hydrogen-bond acceptors (Lipinski definition) is 7. The number of rotatable bonds is 4. The summed E-state index contributed by atoms with van der Waals surface area (Å²) < 4.78 is 5.42. The summed E-state index contributed by atoms with van der Waals surface area (Å²) in [5.74, 6) is -0.371. The minimum Gasteiger partial charge on any atom is -0.444 e. The monoisotopic (exact) mass is 400 g/mol. The summed E-state index contributed by atoms with van der Waals surface area (Å²) in [7, 11) is 0. The van der Waals surface area contributed by atoms with Gasteiger partial charge in [0.2, 0.25) is 0 Å². The topological polar surface area (TPSA) is 95.0 Å². The van der Waals surface area contributed by atoms with Gasteiger partial charge in [0.1, 0.15) is 5.60 Å². The molecule has 1 aromatic rings. The number of nitrogens with zero attached hydrogens (tertiary/aromatic N) is 2. The van der Waals surface area contributed by atoms with E-state index in [2.05, 4.69) is 5.32 Å². The van der Waals surface area contributed by atoms with E-state index < -0.39 is 5.60 Å². The number of hydrogen-bond donors (Lipinski definition) is 2. The standard InChI is InChI=1S/C21H28N4O4/c1-21(2,3)28-20(27)24-10-9-18(22)16(12-24)11-23-17-13-25(14-17)29-19(26)15-7-5-4-6-8-15/h4-8,11,17,22-23H,9-10,12-14H2,1-3H3/b16-11-,22-18?. The van der Waals surface area contributed by atoms with Crippen LogP contribution in [0.5, 0.6) is 0 Å². The molecular weight excluding hydrogens is 372 g/mol. The molecule has 8 nitrogen and oxygen atoms in total. The van der Waals surface area contributed by atoms with Gasteiger partial charge in [-0.05, 0) is 32.9 Å². The second-order valence-electron chi connectivity index (χ2n) is 8.26. The van der Waals surface area contributed by atoms with Crippen molar-refractivity contribution >= 4 is 17.8 Å². The van der Waals surface area contributed by atoms with E-state index in [1.807, 2.05) is 26.8 Å². The fourth-order valence-electron chi connectivity index (χ4n) is 2.98. The molecule has 1 aromatic carbocycles. The summed E-state index contributed by atoms with van der Waals surface area (Å²) in [4.78, 5) is 31.2. The van der Waals surface area contributed by atoms with Crippen LogP contribution in [0.3, 0.4) is 0 Å². The normalized spacial score (nSPS) is 19.6. The van der Waals surface area contributed by atoms with E-state index in [0.717, 1.165) is 5.57 Å². The molecule has 8 heteroatoms. The summed E-state index contributed by atoms with van der Waals surface area (Å²) in [5.41, 5.74) is 1.26. The Labute approximate surface area is 170 Å². The van der Waals surface area contributed by atoms with Crippen LogP contribution in [-0.4, -0.2) is 65.6 Å². The smallest absolute Gasteiger partial charge is 0.410 e. The summed E-state index contributed by atoms with van der Waals surface area (Å²) in [6.07, 6.45) is 1.93. The Morgan fingerprint density at radius 1 is 1.21 bits per heavy atom. The van der Waals surface area contributed by atoms with E-state index in [4.69, 9.17) is 15.0 Å². The number of carbonyl (C=O) groups excluding carboxylic acids is 2. The highest BCUT2D eigenvalue weighted by Gasteiger charge is 2.31. The van der Waals surface area contributed by atoms with Gasteiger partial charge in [0.25, 0.3) is 0 Å². The van der Waals surface area contributed by atoms with Gasteiger partial charge in [0, 0.05) is 30.5 Å². The summed E-state index contributed by atoms with van der Waals surface area (Å²) in [5, 5.41) is 13.0. The van der Waals surface area contributed by atoms with Crippen molar-refractivity contribution in [2.75, 3.05) is 26.2 Å². The Bertz CT molecular complexity index is 795. The molecule has 0 aromatic heterocycles. The molecule has 0 atom stereocenters. The van der Waals surface area contributed by atoms with Crippen LogP contribution in [0.15, 0.2) is 42.1 Å². The van der Waals surface area contributed by atoms with Gasteiger partial charge in [-0.15, -0.1) is 5.06 Å². The first-order chi connectivity index (χ1) is 13.7. The predicted octanol–water partition coefficient (Wildman–Crippen LogP) is 2.58. The quantitative estimate of drug-likeness (QED) is 0.807. The molecule has 29 heavy (non-hydrogen) atoms. The Kier molecular flexibility index (Phi) is 6.22. The molecular formula is C21H28N4O4. The molecule has 2 fully saturated rings. The highest BCUT2D eigenvalue weighted by Crippen LogP contribution is 2.17. The van der Waals surface area contributed by atoms with Crippen LogP contribution >= 0.6 is 0 Å². The molecule has 0 unspecified atom stereocenters. The largest absolute Gasteiger partial charge is 0.444 e. The zero-order valence-corrected chi connectivity index (χ0v) is 17.1. The van der Waals surface area contributed by atoms with Crippen LogP contribution in [-0.2, 0) is 9.57 Å². The first-order valence-corrected chi connectivity index (χ1v) is 9.74. The number of carbonyl (C=O) groups is 2. The molecule has 2 N–H and O–H groups in total. The summed E-state index contributed by atoms with van der Waals surface area (Å²) >= 11 is 0. The lowest BCUT2D eigenvalue weighted by Gasteiger charge is -2.37. The van der Waals surface area contributed by atoms with Crippen LogP contribution in [0.25, 0.3) is 0 Å². The van der Waals surface area contributed by atoms with Gasteiger partial charge in [0.15, 0.2) is 0 Å². The fraction of sp³-hybridized carbons (Fsp3) is 0.476. The third kappa shape index (κ3) is 5.80. The predicted molar refractivity (Wildman–Crippen MR) is 109 cm³/mol. The SMILES string of the molecule is CC(C)(C)OC(=O)N1CCC(=N)/C(=C\NC2CN(OC(=O)c3ccccc3)C2)C1. The molecule has 2 saturated heterocycles. The van der Waals surface area contributed by atoms with E-state index in [-0.39, 0.29) is 18.1 Å². The Hall–Kier alpha value is -2.87. The minimum atomic E-state index is -0.545. The van der Waals surface area contributed by atoms with Gasteiger partial charge in [-0.3, -0.25) is 0 Å². The molecule has 2 aliphatic heterocycles. The van der Waals surface area contributed by atoms with Gasteiger partial charge in [0.05, 0.1) is 31.2 Å². The Morgan fingerprint density at radius 3 is 2.55 bits per heavy atom. The van der Waals surface area contributed by atoms with Crippen molar-refractivity contribution in [3.05, 3.63) is 47.7 Å². The fourth-order valence-corrected chi connectivity index (χ4v) is 2.98. The molecule has 156 valence electrons. The number of piperidine rings is 1. The second-order valence-corrected chi connectivity index (χ2v) is 8.26. The van der Waals surface area contributed by atoms with E-state index >= 15 is 0 Å². The average molecular weight is 400 g/mol. The summed E-state index contributed by atoms with van der Waals surface area (Å²) in [6.45, 7) is 7.46. The van der Waals surface area contributed by atoms with Gasteiger partial charge in [-0.25, -0.2) is 9.59 Å². The zero-order valence-electron chi connectivity index (χ0n) is 17.1. The van der Waals surface area contributed by atoms with Crippen molar-refractivity contribution in [2.45, 2.75) is 38.8 Å². The van der Waals surface area contributed by atoms with Crippen molar-refractivity contribution in [3.63, 3.8) is 0 Å². The van der Waals surface area contributed by atoms with Crippen LogP contribution < -0.4 is 5.32 Å². The zero-order chi connectivity index (χ0) is 21.0. The third-order valence-corrected chi connectivity index (χ3v) is 4.60. The van der Waals surface area contributed by atoms with Crippen molar-refractivity contribution in [1.29, 1.82) is 5.41 Å². The van der Waals surface area contributed by atoms with Gasteiger partial charge in [-0.2, -0.15) is 0 Å². The third-order valence-electron chi connectivity index (χ3n) is 4.60. The number of amides is 1. The molecule has 3 rings (SSSR count). The molecule has 0 saturated carbocycles. The van der Waals surface area contributed by atoms with E-state index in [1.165, 1.54) is 0 Å². The Morgan fingerprint density at radius 2 is 1.90 bits per heavy atom. The Balaban J connectivity index is 1.45. The van der Waals surface area contributed by atoms with E-state index in [1.54, 1.807) is 40.4 Å². The lowest BCUT2D eigenvalue weighted by molar-refractivity contribution is -0.159. The second kappa shape index (κ2) is 8.65. The van der Waals surface area contributed by atoms with Crippen molar-refractivity contribution in [1.82, 2.24) is 15.3 Å².